The zero-order valence-electron chi connectivity index (χ0n) is 7.58. The molecule has 0 bridgehead atoms. The first kappa shape index (κ1) is 7.73. The summed E-state index contributed by atoms with van der Waals surface area (Å²) in [7, 11) is 0. The number of hydrogen-bond donors (Lipinski definition) is 2. The van der Waals surface area contributed by atoms with Crippen LogP contribution in [0.4, 0.5) is 0 Å². The molecule has 3 heterocycles. The third kappa shape index (κ3) is 0.865. The van der Waals surface area contributed by atoms with E-state index in [1.54, 1.807) is 6.21 Å². The van der Waals surface area contributed by atoms with Crippen molar-refractivity contribution in [3.8, 4) is 0 Å². The van der Waals surface area contributed by atoms with Crippen molar-refractivity contribution >= 4 is 18.0 Å². The van der Waals surface area contributed by atoms with Gasteiger partial charge in [-0.15, -0.1) is 0 Å². The summed E-state index contributed by atoms with van der Waals surface area (Å²) >= 11 is 0. The second-order valence-electron chi connectivity index (χ2n) is 3.66. The van der Waals surface area contributed by atoms with Crippen LogP contribution in [0.25, 0.3) is 0 Å². The molecule has 1 atom stereocenters. The number of amidine groups is 1. The van der Waals surface area contributed by atoms with Gasteiger partial charge >= 0.3 is 0 Å². The van der Waals surface area contributed by atoms with E-state index in [9.17, 15) is 4.79 Å². The van der Waals surface area contributed by atoms with E-state index in [2.05, 4.69) is 20.6 Å². The van der Waals surface area contributed by atoms with E-state index in [-0.39, 0.29) is 5.91 Å². The first-order valence-electron chi connectivity index (χ1n) is 4.64. The van der Waals surface area contributed by atoms with Crippen LogP contribution in [0, 0.1) is 0 Å². The monoisotopic (exact) mass is 190 g/mol. The quantitative estimate of drug-likeness (QED) is 0.526. The Labute approximate surface area is 81.0 Å². The van der Waals surface area contributed by atoms with E-state index < -0.39 is 5.54 Å². The molecular formula is C9H10N4O. The van der Waals surface area contributed by atoms with E-state index >= 15 is 0 Å². The fourth-order valence-corrected chi connectivity index (χ4v) is 2.03. The average Bonchev–Trinajstić information content (AvgIpc) is 2.71. The third-order valence-corrected chi connectivity index (χ3v) is 2.77. The Balaban J connectivity index is 2.03. The molecule has 1 fully saturated rings. The molecule has 0 aliphatic carbocycles. The lowest BCUT2D eigenvalue weighted by Gasteiger charge is -2.18. The highest BCUT2D eigenvalue weighted by molar-refractivity contribution is 6.21. The molecular weight excluding hydrogens is 180 g/mol. The van der Waals surface area contributed by atoms with Gasteiger partial charge in [0.05, 0.1) is 0 Å². The molecule has 5 nitrogen and oxygen atoms in total. The van der Waals surface area contributed by atoms with Crippen molar-refractivity contribution in [1.29, 1.82) is 0 Å². The molecule has 14 heavy (non-hydrogen) atoms. The van der Waals surface area contributed by atoms with Crippen LogP contribution in [0.15, 0.2) is 21.6 Å². The lowest BCUT2D eigenvalue weighted by Crippen LogP contribution is -2.48. The fraction of sp³-hybridized carbons (Fsp3) is 0.444. The summed E-state index contributed by atoms with van der Waals surface area (Å²) in [5.74, 6) is 0.840. The van der Waals surface area contributed by atoms with Gasteiger partial charge in [0.1, 0.15) is 18.0 Å². The zero-order chi connectivity index (χ0) is 9.60. The number of nitrogens with zero attached hydrogens (tertiary/aromatic N) is 2. The van der Waals surface area contributed by atoms with Crippen molar-refractivity contribution < 1.29 is 4.79 Å². The van der Waals surface area contributed by atoms with Gasteiger partial charge in [-0.2, -0.15) is 0 Å². The summed E-state index contributed by atoms with van der Waals surface area (Å²) in [6, 6.07) is 0. The molecule has 1 saturated heterocycles. The molecule has 1 spiro atoms. The van der Waals surface area contributed by atoms with Gasteiger partial charge in [0.15, 0.2) is 0 Å². The van der Waals surface area contributed by atoms with Crippen LogP contribution in [-0.2, 0) is 4.79 Å². The number of amides is 1. The van der Waals surface area contributed by atoms with Crippen LogP contribution in [0.1, 0.15) is 6.42 Å². The van der Waals surface area contributed by atoms with E-state index in [0.29, 0.717) is 6.67 Å². The number of carbonyl (C=O) groups excluding carboxylic acids is 1. The molecule has 0 radical (unpaired) electrons. The highest BCUT2D eigenvalue weighted by Crippen LogP contribution is 2.26. The van der Waals surface area contributed by atoms with E-state index in [4.69, 9.17) is 0 Å². The summed E-state index contributed by atoms with van der Waals surface area (Å²) in [6.07, 6.45) is 4.48. The molecule has 3 rings (SSSR count). The summed E-state index contributed by atoms with van der Waals surface area (Å²) < 4.78 is 0. The Morgan fingerprint density at radius 2 is 2.43 bits per heavy atom. The number of nitrogens with one attached hydrogen (secondary N) is 2. The Bertz CT molecular complexity index is 396. The first-order valence-corrected chi connectivity index (χ1v) is 4.64. The molecule has 3 aliphatic heterocycles. The number of rotatable bonds is 0. The zero-order valence-corrected chi connectivity index (χ0v) is 7.58. The maximum atomic E-state index is 11.6. The summed E-state index contributed by atoms with van der Waals surface area (Å²) in [5, 5.41) is 5.99. The molecule has 72 valence electrons. The first-order chi connectivity index (χ1) is 6.80. The molecule has 3 aliphatic rings. The number of hydrogen-bond acceptors (Lipinski definition) is 4. The maximum Gasteiger partial charge on any atom is 0.249 e. The topological polar surface area (TPSA) is 65.8 Å². The van der Waals surface area contributed by atoms with Crippen LogP contribution < -0.4 is 10.6 Å². The van der Waals surface area contributed by atoms with Crippen molar-refractivity contribution in [2.75, 3.05) is 13.2 Å². The van der Waals surface area contributed by atoms with Crippen molar-refractivity contribution in [3.63, 3.8) is 0 Å². The van der Waals surface area contributed by atoms with Gasteiger partial charge in [-0.05, 0) is 6.08 Å². The van der Waals surface area contributed by atoms with Crippen molar-refractivity contribution in [2.45, 2.75) is 12.0 Å². The lowest BCUT2D eigenvalue weighted by molar-refractivity contribution is -0.122. The number of fused-ring (bicyclic) bond motifs is 1. The van der Waals surface area contributed by atoms with Crippen molar-refractivity contribution in [1.82, 2.24) is 10.6 Å². The van der Waals surface area contributed by atoms with E-state index in [0.717, 1.165) is 24.4 Å². The normalized spacial score (nSPS) is 33.6. The third-order valence-electron chi connectivity index (χ3n) is 2.77. The lowest BCUT2D eigenvalue weighted by atomic mass is 9.99. The SMILES string of the molecule is O=C1NCCC12C=C1C=NCN=C1N2. The second-order valence-corrected chi connectivity index (χ2v) is 3.66. The molecule has 0 aromatic carbocycles. The Morgan fingerprint density at radius 1 is 1.50 bits per heavy atom. The average molecular weight is 190 g/mol. The van der Waals surface area contributed by atoms with Gasteiger partial charge in [-0.1, -0.05) is 0 Å². The molecule has 0 aromatic heterocycles. The highest BCUT2D eigenvalue weighted by atomic mass is 16.2. The Morgan fingerprint density at radius 3 is 3.14 bits per heavy atom. The number of aliphatic imine (C=N–C) groups is 2. The minimum atomic E-state index is -0.551. The van der Waals surface area contributed by atoms with E-state index in [1.165, 1.54) is 0 Å². The highest BCUT2D eigenvalue weighted by Gasteiger charge is 2.45. The molecule has 1 unspecified atom stereocenters. The van der Waals surface area contributed by atoms with Gasteiger partial charge in [0.2, 0.25) is 5.91 Å². The fourth-order valence-electron chi connectivity index (χ4n) is 2.03. The maximum absolute atomic E-state index is 11.6. The van der Waals surface area contributed by atoms with Crippen LogP contribution in [0.2, 0.25) is 0 Å². The van der Waals surface area contributed by atoms with Gasteiger partial charge in [0, 0.05) is 24.8 Å². The van der Waals surface area contributed by atoms with Gasteiger partial charge in [-0.3, -0.25) is 9.79 Å². The standard InChI is InChI=1S/C9H10N4O/c14-8-9(1-2-11-8)3-6-4-10-5-12-7(6)13-9/h3-4H,1-2,5H2,(H,11,14)(H,12,13). The van der Waals surface area contributed by atoms with Crippen molar-refractivity contribution in [3.05, 3.63) is 11.6 Å². The summed E-state index contributed by atoms with van der Waals surface area (Å²) in [4.78, 5) is 19.9. The largest absolute Gasteiger partial charge is 0.354 e. The number of carbonyl (C=O) groups is 1. The van der Waals surface area contributed by atoms with Crippen molar-refractivity contribution in [2.24, 2.45) is 9.98 Å². The second kappa shape index (κ2) is 2.43. The predicted molar refractivity (Wildman–Crippen MR) is 52.4 cm³/mol. The van der Waals surface area contributed by atoms with E-state index in [1.807, 2.05) is 6.08 Å². The van der Waals surface area contributed by atoms with Gasteiger partial charge < -0.3 is 10.6 Å². The molecule has 0 saturated carbocycles. The predicted octanol–water partition coefficient (Wildman–Crippen LogP) is -0.785. The van der Waals surface area contributed by atoms with Crippen LogP contribution in [0.3, 0.4) is 0 Å². The van der Waals surface area contributed by atoms with Crippen LogP contribution in [-0.4, -0.2) is 36.7 Å². The Hall–Kier alpha value is -1.65. The smallest absolute Gasteiger partial charge is 0.249 e. The van der Waals surface area contributed by atoms with Crippen LogP contribution in [0.5, 0.6) is 0 Å². The summed E-state index contributed by atoms with van der Waals surface area (Å²) in [6.45, 7) is 1.18. The minimum Gasteiger partial charge on any atom is -0.354 e. The summed E-state index contributed by atoms with van der Waals surface area (Å²) in [5.41, 5.74) is 0.387. The molecule has 1 amide bonds. The van der Waals surface area contributed by atoms with Crippen LogP contribution >= 0.6 is 0 Å². The van der Waals surface area contributed by atoms with Gasteiger partial charge in [-0.25, -0.2) is 4.99 Å². The minimum absolute atomic E-state index is 0.0375. The molecule has 5 heteroatoms. The molecule has 2 N–H and O–H groups in total. The Kier molecular flexibility index (Phi) is 1.34. The van der Waals surface area contributed by atoms with Gasteiger partial charge in [0.25, 0.3) is 0 Å². The molecule has 0 aromatic rings.